The first-order chi connectivity index (χ1) is 7.75. The Morgan fingerprint density at radius 3 is 2.47 bits per heavy atom. The lowest BCUT2D eigenvalue weighted by atomic mass is 9.99. The van der Waals surface area contributed by atoms with Crippen molar-refractivity contribution in [1.82, 2.24) is 0 Å². The van der Waals surface area contributed by atoms with Gasteiger partial charge in [-0.3, -0.25) is 4.79 Å². The van der Waals surface area contributed by atoms with Crippen LogP contribution in [0.3, 0.4) is 0 Å². The van der Waals surface area contributed by atoms with Gasteiger partial charge in [0.1, 0.15) is 0 Å². The van der Waals surface area contributed by atoms with Crippen LogP contribution in [0.4, 0.5) is 8.78 Å². The number of carbonyl (C=O) groups is 2. The topological polar surface area (TPSA) is 80.4 Å². The van der Waals surface area contributed by atoms with Crippen LogP contribution in [0.5, 0.6) is 0 Å². The number of primary amides is 1. The van der Waals surface area contributed by atoms with E-state index in [1.165, 1.54) is 6.07 Å². The van der Waals surface area contributed by atoms with Gasteiger partial charge in [0.05, 0.1) is 6.42 Å². The van der Waals surface area contributed by atoms with Gasteiger partial charge in [-0.25, -0.2) is 4.79 Å². The Morgan fingerprint density at radius 1 is 1.41 bits per heavy atom. The van der Waals surface area contributed by atoms with E-state index in [-0.39, 0.29) is 10.6 Å². The Labute approximate surface area is 100.0 Å². The van der Waals surface area contributed by atoms with E-state index in [1.54, 1.807) is 0 Å². The van der Waals surface area contributed by atoms with Crippen LogP contribution in [0, 0.1) is 0 Å². The third kappa shape index (κ3) is 2.91. The van der Waals surface area contributed by atoms with Crippen molar-refractivity contribution in [3.63, 3.8) is 0 Å². The Kier molecular flexibility index (Phi) is 3.67. The molecule has 0 spiro atoms. The van der Waals surface area contributed by atoms with Crippen molar-refractivity contribution in [2.24, 2.45) is 5.73 Å². The maximum atomic E-state index is 13.4. The third-order valence-corrected chi connectivity index (χ3v) is 2.28. The summed E-state index contributed by atoms with van der Waals surface area (Å²) in [6.45, 7) is 0. The average molecular weight is 264 g/mol. The Balaban J connectivity index is 3.33. The molecule has 0 saturated carbocycles. The van der Waals surface area contributed by atoms with Crippen LogP contribution in [0.15, 0.2) is 18.2 Å². The van der Waals surface area contributed by atoms with Crippen molar-refractivity contribution in [2.75, 3.05) is 0 Å². The second kappa shape index (κ2) is 4.67. The Hall–Kier alpha value is -1.69. The molecule has 3 N–H and O–H groups in total. The SMILES string of the molecule is NC(=O)Cc1ccc(Cl)cc1C(F)(F)C(=O)O. The predicted octanol–water partition coefficient (Wildman–Crippen LogP) is 1.54. The summed E-state index contributed by atoms with van der Waals surface area (Å²) in [4.78, 5) is 21.2. The quantitative estimate of drug-likeness (QED) is 0.865. The summed E-state index contributed by atoms with van der Waals surface area (Å²) >= 11 is 5.52. The highest BCUT2D eigenvalue weighted by molar-refractivity contribution is 6.30. The molecule has 0 unspecified atom stereocenters. The molecule has 17 heavy (non-hydrogen) atoms. The zero-order valence-electron chi connectivity index (χ0n) is 8.41. The van der Waals surface area contributed by atoms with E-state index in [1.807, 2.05) is 0 Å². The highest BCUT2D eigenvalue weighted by Gasteiger charge is 2.43. The zero-order chi connectivity index (χ0) is 13.2. The van der Waals surface area contributed by atoms with Gasteiger partial charge in [0, 0.05) is 10.6 Å². The van der Waals surface area contributed by atoms with E-state index in [0.29, 0.717) is 0 Å². The molecular weight excluding hydrogens is 256 g/mol. The number of carboxylic acids is 1. The number of benzene rings is 1. The molecule has 0 fully saturated rings. The molecule has 0 bridgehead atoms. The fourth-order valence-electron chi connectivity index (χ4n) is 1.30. The number of carboxylic acid groups (broad SMARTS) is 1. The minimum Gasteiger partial charge on any atom is -0.477 e. The number of halogens is 3. The van der Waals surface area contributed by atoms with Gasteiger partial charge in [0.2, 0.25) is 5.91 Å². The smallest absolute Gasteiger partial charge is 0.379 e. The maximum Gasteiger partial charge on any atom is 0.379 e. The van der Waals surface area contributed by atoms with Crippen molar-refractivity contribution in [1.29, 1.82) is 0 Å². The molecule has 4 nitrogen and oxygen atoms in total. The van der Waals surface area contributed by atoms with Crippen LogP contribution in [-0.2, 0) is 21.9 Å². The molecule has 0 saturated heterocycles. The van der Waals surface area contributed by atoms with Gasteiger partial charge in [0.25, 0.3) is 0 Å². The molecule has 1 amide bonds. The largest absolute Gasteiger partial charge is 0.477 e. The van der Waals surface area contributed by atoms with E-state index in [9.17, 15) is 18.4 Å². The van der Waals surface area contributed by atoms with Crippen molar-refractivity contribution in [3.8, 4) is 0 Å². The summed E-state index contributed by atoms with van der Waals surface area (Å²) in [6.07, 6.45) is -0.477. The summed E-state index contributed by atoms with van der Waals surface area (Å²) < 4.78 is 26.7. The summed E-state index contributed by atoms with van der Waals surface area (Å²) in [5.74, 6) is -7.27. The van der Waals surface area contributed by atoms with Crippen LogP contribution >= 0.6 is 11.6 Å². The molecule has 0 aliphatic rings. The van der Waals surface area contributed by atoms with E-state index < -0.39 is 29.8 Å². The molecular formula is C10H8ClF2NO3. The normalized spacial score (nSPS) is 11.2. The van der Waals surface area contributed by atoms with Crippen LogP contribution < -0.4 is 5.73 Å². The third-order valence-electron chi connectivity index (χ3n) is 2.04. The molecule has 1 aromatic rings. The summed E-state index contributed by atoms with van der Waals surface area (Å²) in [7, 11) is 0. The minimum absolute atomic E-state index is 0.0471. The fraction of sp³-hybridized carbons (Fsp3) is 0.200. The number of nitrogens with two attached hydrogens (primary N) is 1. The Bertz CT molecular complexity index is 477. The van der Waals surface area contributed by atoms with Crippen molar-refractivity contribution >= 4 is 23.5 Å². The van der Waals surface area contributed by atoms with E-state index in [0.717, 1.165) is 12.1 Å². The van der Waals surface area contributed by atoms with Gasteiger partial charge in [-0.15, -0.1) is 0 Å². The molecule has 0 aliphatic carbocycles. The first kappa shape index (κ1) is 13.4. The lowest BCUT2D eigenvalue weighted by Crippen LogP contribution is -2.28. The number of aliphatic carboxylic acids is 1. The number of carbonyl (C=O) groups excluding carboxylic acids is 1. The zero-order valence-corrected chi connectivity index (χ0v) is 9.17. The lowest BCUT2D eigenvalue weighted by Gasteiger charge is -2.15. The van der Waals surface area contributed by atoms with Crippen molar-refractivity contribution < 1.29 is 23.5 Å². The average Bonchev–Trinajstić information content (AvgIpc) is 2.19. The highest BCUT2D eigenvalue weighted by Crippen LogP contribution is 2.33. The van der Waals surface area contributed by atoms with E-state index in [4.69, 9.17) is 22.4 Å². The van der Waals surface area contributed by atoms with Gasteiger partial charge >= 0.3 is 11.9 Å². The second-order valence-corrected chi connectivity index (χ2v) is 3.76. The van der Waals surface area contributed by atoms with E-state index in [2.05, 4.69) is 0 Å². The lowest BCUT2D eigenvalue weighted by molar-refractivity contribution is -0.166. The summed E-state index contributed by atoms with van der Waals surface area (Å²) in [5, 5.41) is 8.39. The number of hydrogen-bond donors (Lipinski definition) is 2. The molecule has 1 rings (SSSR count). The molecule has 0 heterocycles. The van der Waals surface area contributed by atoms with E-state index >= 15 is 0 Å². The van der Waals surface area contributed by atoms with Gasteiger partial charge in [-0.2, -0.15) is 8.78 Å². The first-order valence-electron chi connectivity index (χ1n) is 4.43. The minimum atomic E-state index is -4.12. The van der Waals surface area contributed by atoms with Crippen LogP contribution in [0.2, 0.25) is 5.02 Å². The molecule has 7 heteroatoms. The molecule has 92 valence electrons. The highest BCUT2D eigenvalue weighted by atomic mass is 35.5. The monoisotopic (exact) mass is 263 g/mol. The van der Waals surface area contributed by atoms with Gasteiger partial charge in [-0.05, 0) is 17.7 Å². The molecule has 0 aliphatic heterocycles. The fourth-order valence-corrected chi connectivity index (χ4v) is 1.47. The molecule has 1 aromatic carbocycles. The van der Waals surface area contributed by atoms with Crippen molar-refractivity contribution in [2.45, 2.75) is 12.3 Å². The molecule has 0 aromatic heterocycles. The second-order valence-electron chi connectivity index (χ2n) is 3.32. The molecule has 0 radical (unpaired) electrons. The Morgan fingerprint density at radius 2 is 2.00 bits per heavy atom. The first-order valence-corrected chi connectivity index (χ1v) is 4.81. The number of amides is 1. The summed E-state index contributed by atoms with van der Waals surface area (Å²) in [5.41, 5.74) is 3.91. The standard InChI is InChI=1S/C10H8ClF2NO3/c11-6-2-1-5(3-8(14)15)7(4-6)10(12,13)9(16)17/h1-2,4H,3H2,(H2,14,15)(H,16,17). The molecule has 0 atom stereocenters. The van der Waals surface area contributed by atoms with Crippen LogP contribution in [-0.4, -0.2) is 17.0 Å². The van der Waals surface area contributed by atoms with Gasteiger partial charge in [0.15, 0.2) is 0 Å². The number of rotatable bonds is 4. The number of hydrogen-bond acceptors (Lipinski definition) is 2. The van der Waals surface area contributed by atoms with Crippen molar-refractivity contribution in [3.05, 3.63) is 34.3 Å². The van der Waals surface area contributed by atoms with Crippen LogP contribution in [0.1, 0.15) is 11.1 Å². The maximum absolute atomic E-state index is 13.4. The van der Waals surface area contributed by atoms with Gasteiger partial charge < -0.3 is 10.8 Å². The predicted molar refractivity (Wildman–Crippen MR) is 55.9 cm³/mol. The number of alkyl halides is 2. The van der Waals surface area contributed by atoms with Crippen LogP contribution in [0.25, 0.3) is 0 Å². The summed E-state index contributed by atoms with van der Waals surface area (Å²) in [6, 6.07) is 3.24. The van der Waals surface area contributed by atoms with Gasteiger partial charge in [-0.1, -0.05) is 17.7 Å².